The topological polar surface area (TPSA) is 128 Å². The zero-order chi connectivity index (χ0) is 26.7. The van der Waals surface area contributed by atoms with Crippen LogP contribution in [0.2, 0.25) is 0 Å². The summed E-state index contributed by atoms with van der Waals surface area (Å²) in [6.07, 6.45) is 26.0. The second kappa shape index (κ2) is 25.6. The third kappa shape index (κ3) is 26.1. The lowest BCUT2D eigenvalue weighted by Gasteiger charge is -2.15. The van der Waals surface area contributed by atoms with Crippen LogP contribution in [0.4, 0.5) is 0 Å². The monoisotopic (exact) mass is 533 g/mol. The molecule has 8 nitrogen and oxygen atoms in total. The molecule has 36 heavy (non-hydrogen) atoms. The molecule has 0 aromatic rings. The highest BCUT2D eigenvalue weighted by molar-refractivity contribution is 7.47. The van der Waals surface area contributed by atoms with Crippen molar-refractivity contribution in [3.63, 3.8) is 0 Å². The van der Waals surface area contributed by atoms with Gasteiger partial charge in [0, 0.05) is 13.0 Å². The largest absolute Gasteiger partial charge is 0.472 e. The fourth-order valence-electron chi connectivity index (χ4n) is 3.48. The molecule has 0 aromatic carbocycles. The summed E-state index contributed by atoms with van der Waals surface area (Å²) in [5.41, 5.74) is 5.18. The number of esters is 1. The number of nitrogens with two attached hydrogens (primary N) is 1. The van der Waals surface area contributed by atoms with E-state index in [-0.39, 0.29) is 19.8 Å². The molecule has 0 heterocycles. The predicted molar refractivity (Wildman–Crippen MR) is 146 cm³/mol. The van der Waals surface area contributed by atoms with E-state index in [1.165, 1.54) is 70.6 Å². The van der Waals surface area contributed by atoms with Crippen molar-refractivity contribution in [2.45, 2.75) is 116 Å². The quantitative estimate of drug-likeness (QED) is 0.0507. The minimum Gasteiger partial charge on any atom is -0.463 e. The lowest BCUT2D eigenvalue weighted by Crippen LogP contribution is -2.23. The number of phosphoric acid groups is 1. The second-order valence-corrected chi connectivity index (χ2v) is 10.6. The summed E-state index contributed by atoms with van der Waals surface area (Å²) in [4.78, 5) is 21.1. The molecule has 0 aliphatic heterocycles. The Morgan fingerprint density at radius 3 is 1.97 bits per heavy atom. The van der Waals surface area contributed by atoms with Crippen molar-refractivity contribution in [2.24, 2.45) is 5.73 Å². The van der Waals surface area contributed by atoms with E-state index in [0.29, 0.717) is 6.42 Å². The van der Waals surface area contributed by atoms with Crippen molar-refractivity contribution in [2.75, 3.05) is 26.4 Å². The zero-order valence-electron chi connectivity index (χ0n) is 22.5. The molecule has 2 atom stereocenters. The maximum atomic E-state index is 11.7. The number of hydrogen-bond donors (Lipinski definition) is 3. The van der Waals surface area contributed by atoms with Gasteiger partial charge in [-0.05, 0) is 38.5 Å². The number of rotatable bonds is 26. The highest BCUT2D eigenvalue weighted by atomic mass is 31.2. The fraction of sp³-hybridized carbons (Fsp3) is 0.815. The third-order valence-corrected chi connectivity index (χ3v) is 6.55. The van der Waals surface area contributed by atoms with Crippen molar-refractivity contribution in [1.29, 1.82) is 0 Å². The molecule has 4 N–H and O–H groups in total. The summed E-state index contributed by atoms with van der Waals surface area (Å²) in [7, 11) is -4.25. The standard InChI is InChI=1S/C27H52NO7P/c1-2-3-4-5-6-7-8-9-10-11-12-13-14-15-16-17-18-19-20-21-27(30)33-24-26(29)25-35-36(31,32)34-23-22-28/h6-7,9-10,26,29H,2-5,8,11-25,28H2,1H3,(H,31,32)/t26-/m1/s1. The van der Waals surface area contributed by atoms with Gasteiger partial charge < -0.3 is 20.5 Å². The molecule has 0 fully saturated rings. The molecular formula is C27H52NO7P. The Hall–Kier alpha value is -1.02. The van der Waals surface area contributed by atoms with E-state index in [9.17, 15) is 19.4 Å². The molecule has 0 aliphatic rings. The summed E-state index contributed by atoms with van der Waals surface area (Å²) < 4.78 is 25.6. The fourth-order valence-corrected chi connectivity index (χ4v) is 4.25. The van der Waals surface area contributed by atoms with Crippen LogP contribution in [-0.2, 0) is 23.1 Å². The lowest BCUT2D eigenvalue weighted by atomic mass is 10.1. The van der Waals surface area contributed by atoms with Crippen LogP contribution in [0.15, 0.2) is 24.3 Å². The van der Waals surface area contributed by atoms with Crippen LogP contribution in [0.1, 0.15) is 110 Å². The van der Waals surface area contributed by atoms with Gasteiger partial charge in [-0.3, -0.25) is 13.8 Å². The first kappa shape index (κ1) is 35.0. The second-order valence-electron chi connectivity index (χ2n) is 9.12. The van der Waals surface area contributed by atoms with Crippen molar-refractivity contribution < 1.29 is 33.1 Å². The van der Waals surface area contributed by atoms with Crippen molar-refractivity contribution in [3.05, 3.63) is 24.3 Å². The molecule has 9 heteroatoms. The Balaban J connectivity index is 3.44. The van der Waals surface area contributed by atoms with Crippen molar-refractivity contribution >= 4 is 13.8 Å². The number of unbranched alkanes of at least 4 members (excludes halogenated alkanes) is 12. The van der Waals surface area contributed by atoms with Crippen LogP contribution in [0.5, 0.6) is 0 Å². The van der Waals surface area contributed by atoms with Gasteiger partial charge in [-0.15, -0.1) is 0 Å². The molecule has 0 aliphatic carbocycles. The maximum absolute atomic E-state index is 11.7. The summed E-state index contributed by atoms with van der Waals surface area (Å²) in [5, 5.41) is 9.70. The molecule has 212 valence electrons. The van der Waals surface area contributed by atoms with E-state index in [1.54, 1.807) is 0 Å². The number of ether oxygens (including phenoxy) is 1. The number of carbonyl (C=O) groups is 1. The normalized spacial score (nSPS) is 14.4. The SMILES string of the molecule is CCCCCC=CCC=CCCCCCCCCCCCC(=O)OC[C@@H](O)COP(=O)(O)OCCN. The molecule has 1 unspecified atom stereocenters. The van der Waals surface area contributed by atoms with E-state index < -0.39 is 26.5 Å². The molecule has 0 saturated heterocycles. The highest BCUT2D eigenvalue weighted by Gasteiger charge is 2.22. The van der Waals surface area contributed by atoms with Gasteiger partial charge >= 0.3 is 13.8 Å². The van der Waals surface area contributed by atoms with Gasteiger partial charge in [0.25, 0.3) is 0 Å². The van der Waals surface area contributed by atoms with Crippen LogP contribution in [-0.4, -0.2) is 48.4 Å². The minimum absolute atomic E-state index is 0.0734. The summed E-state index contributed by atoms with van der Waals surface area (Å²) in [5.74, 6) is -0.391. The van der Waals surface area contributed by atoms with Gasteiger partial charge in [0.15, 0.2) is 0 Å². The average molecular weight is 534 g/mol. The maximum Gasteiger partial charge on any atom is 0.472 e. The Morgan fingerprint density at radius 1 is 0.833 bits per heavy atom. The number of hydrogen-bond acceptors (Lipinski definition) is 7. The number of carbonyl (C=O) groups excluding carboxylic acids is 1. The Kier molecular flexibility index (Phi) is 24.9. The molecule has 0 saturated carbocycles. The van der Waals surface area contributed by atoms with Crippen molar-refractivity contribution in [1.82, 2.24) is 0 Å². The predicted octanol–water partition coefficient (Wildman–Crippen LogP) is 6.36. The molecule has 0 bridgehead atoms. The molecule has 0 radical (unpaired) electrons. The smallest absolute Gasteiger partial charge is 0.463 e. The van der Waals surface area contributed by atoms with Crippen molar-refractivity contribution in [3.8, 4) is 0 Å². The summed E-state index contributed by atoms with van der Waals surface area (Å²) in [6, 6.07) is 0. The van der Waals surface area contributed by atoms with Gasteiger partial charge in [-0.2, -0.15) is 0 Å². The van der Waals surface area contributed by atoms with Gasteiger partial charge in [0.2, 0.25) is 0 Å². The minimum atomic E-state index is -4.25. The number of aliphatic hydroxyl groups excluding tert-OH is 1. The first-order chi connectivity index (χ1) is 17.4. The van der Waals surface area contributed by atoms with Crippen LogP contribution in [0.25, 0.3) is 0 Å². The van der Waals surface area contributed by atoms with Gasteiger partial charge in [-0.25, -0.2) is 4.57 Å². The van der Waals surface area contributed by atoms with E-state index >= 15 is 0 Å². The van der Waals surface area contributed by atoms with Crippen LogP contribution >= 0.6 is 7.82 Å². The first-order valence-corrected chi connectivity index (χ1v) is 15.4. The van der Waals surface area contributed by atoms with E-state index in [1.807, 2.05) is 0 Å². The molecule has 0 aromatic heterocycles. The average Bonchev–Trinajstić information content (AvgIpc) is 2.86. The summed E-state index contributed by atoms with van der Waals surface area (Å²) in [6.45, 7) is 1.42. The van der Waals surface area contributed by atoms with Crippen LogP contribution in [0.3, 0.4) is 0 Å². The van der Waals surface area contributed by atoms with E-state index in [2.05, 4.69) is 40.3 Å². The van der Waals surface area contributed by atoms with E-state index in [0.717, 1.165) is 25.7 Å². The Morgan fingerprint density at radius 2 is 1.39 bits per heavy atom. The number of allylic oxidation sites excluding steroid dienone is 4. The number of phosphoric ester groups is 1. The molecule has 0 rings (SSSR count). The lowest BCUT2D eigenvalue weighted by molar-refractivity contribution is -0.147. The first-order valence-electron chi connectivity index (χ1n) is 13.9. The molecule has 0 amide bonds. The Bertz CT molecular complexity index is 613. The number of aliphatic hydroxyl groups is 1. The summed E-state index contributed by atoms with van der Waals surface area (Å²) >= 11 is 0. The van der Waals surface area contributed by atoms with E-state index in [4.69, 9.17) is 10.5 Å². The van der Waals surface area contributed by atoms with Crippen LogP contribution < -0.4 is 5.73 Å². The molecular weight excluding hydrogens is 481 g/mol. The van der Waals surface area contributed by atoms with Gasteiger partial charge in [0.1, 0.15) is 12.7 Å². The Labute approximate surface area is 219 Å². The highest BCUT2D eigenvalue weighted by Crippen LogP contribution is 2.42. The third-order valence-electron chi connectivity index (χ3n) is 5.57. The van der Waals surface area contributed by atoms with Gasteiger partial charge in [0.05, 0.1) is 13.2 Å². The van der Waals surface area contributed by atoms with Crippen LogP contribution in [0, 0.1) is 0 Å². The zero-order valence-corrected chi connectivity index (χ0v) is 23.4. The van der Waals surface area contributed by atoms with Gasteiger partial charge in [-0.1, -0.05) is 89.0 Å². The molecule has 0 spiro atoms.